The molecule has 4 saturated carbocycles. The fourth-order valence-electron chi connectivity index (χ4n) is 7.60. The van der Waals surface area contributed by atoms with E-state index in [9.17, 15) is 19.2 Å². The SMILES string of the molecule is O=C1OC(=O)C2C3CC(CC3C3CC4CC3C3C(=O)OC(=O)C43)C12. The molecule has 6 aliphatic rings. The van der Waals surface area contributed by atoms with Crippen molar-refractivity contribution in [2.75, 3.05) is 0 Å². The molecule has 10 atom stereocenters. The maximum atomic E-state index is 12.1. The molecule has 126 valence electrons. The van der Waals surface area contributed by atoms with E-state index in [2.05, 4.69) is 0 Å². The Balaban J connectivity index is 1.30. The van der Waals surface area contributed by atoms with Crippen molar-refractivity contribution >= 4 is 23.9 Å². The van der Waals surface area contributed by atoms with Gasteiger partial charge in [-0.25, -0.2) is 0 Å². The van der Waals surface area contributed by atoms with Gasteiger partial charge >= 0.3 is 23.9 Å². The number of cyclic esters (lactones) is 4. The number of esters is 4. The van der Waals surface area contributed by atoms with Gasteiger partial charge in [0.15, 0.2) is 0 Å². The molecule has 0 aromatic rings. The molecule has 6 heteroatoms. The summed E-state index contributed by atoms with van der Waals surface area (Å²) in [7, 11) is 0. The van der Waals surface area contributed by atoms with Crippen molar-refractivity contribution in [3.05, 3.63) is 0 Å². The number of hydrogen-bond donors (Lipinski definition) is 0. The van der Waals surface area contributed by atoms with Crippen molar-refractivity contribution in [1.82, 2.24) is 0 Å². The lowest BCUT2D eigenvalue weighted by Gasteiger charge is -2.38. The molecule has 6 nitrogen and oxygen atoms in total. The molecular formula is C18H18O6. The first-order valence-corrected chi connectivity index (χ1v) is 9.05. The molecule has 0 radical (unpaired) electrons. The average molecular weight is 330 g/mol. The summed E-state index contributed by atoms with van der Waals surface area (Å²) >= 11 is 0. The zero-order valence-corrected chi connectivity index (χ0v) is 13.1. The Morgan fingerprint density at radius 1 is 0.500 bits per heavy atom. The summed E-state index contributed by atoms with van der Waals surface area (Å²) in [4.78, 5) is 48.0. The van der Waals surface area contributed by atoms with E-state index in [0.717, 1.165) is 25.7 Å². The second-order valence-electron chi connectivity index (χ2n) is 8.70. The third-order valence-electron chi connectivity index (χ3n) is 8.15. The molecule has 10 unspecified atom stereocenters. The van der Waals surface area contributed by atoms with Gasteiger partial charge in [-0.1, -0.05) is 0 Å². The highest BCUT2D eigenvalue weighted by Gasteiger charge is 2.69. The van der Waals surface area contributed by atoms with E-state index in [1.807, 2.05) is 0 Å². The number of ether oxygens (including phenoxy) is 2. The zero-order chi connectivity index (χ0) is 16.3. The molecule has 0 spiro atoms. The Hall–Kier alpha value is -1.72. The first-order valence-electron chi connectivity index (χ1n) is 9.05. The molecule has 24 heavy (non-hydrogen) atoms. The topological polar surface area (TPSA) is 86.7 Å². The third kappa shape index (κ3) is 1.37. The van der Waals surface area contributed by atoms with Crippen molar-refractivity contribution in [3.63, 3.8) is 0 Å². The highest BCUT2D eigenvalue weighted by Crippen LogP contribution is 2.67. The van der Waals surface area contributed by atoms with Gasteiger partial charge in [0.1, 0.15) is 0 Å². The van der Waals surface area contributed by atoms with E-state index >= 15 is 0 Å². The summed E-state index contributed by atoms with van der Waals surface area (Å²) in [5.74, 6) is -0.548. The van der Waals surface area contributed by atoms with Crippen LogP contribution in [0.4, 0.5) is 0 Å². The minimum Gasteiger partial charge on any atom is -0.393 e. The van der Waals surface area contributed by atoms with E-state index in [0.29, 0.717) is 11.8 Å². The fraction of sp³-hybridized carbons (Fsp3) is 0.778. The lowest BCUT2D eigenvalue weighted by atomic mass is 9.63. The van der Waals surface area contributed by atoms with Gasteiger partial charge < -0.3 is 9.47 Å². The predicted octanol–water partition coefficient (Wildman–Crippen LogP) is 0.930. The van der Waals surface area contributed by atoms with Crippen molar-refractivity contribution < 1.29 is 28.7 Å². The van der Waals surface area contributed by atoms with E-state index in [1.54, 1.807) is 0 Å². The number of fused-ring (bicyclic) bond motifs is 10. The maximum absolute atomic E-state index is 12.1. The molecule has 6 rings (SSSR count). The van der Waals surface area contributed by atoms with Crippen LogP contribution in [0.2, 0.25) is 0 Å². The smallest absolute Gasteiger partial charge is 0.317 e. The van der Waals surface area contributed by atoms with Crippen LogP contribution in [0, 0.1) is 59.2 Å². The molecule has 2 heterocycles. The van der Waals surface area contributed by atoms with Crippen LogP contribution in [0.1, 0.15) is 25.7 Å². The van der Waals surface area contributed by atoms with Gasteiger partial charge in [0.25, 0.3) is 0 Å². The summed E-state index contributed by atoms with van der Waals surface area (Å²) < 4.78 is 9.77. The van der Waals surface area contributed by atoms with Crippen LogP contribution in [-0.4, -0.2) is 23.9 Å². The van der Waals surface area contributed by atoms with Gasteiger partial charge in [0.2, 0.25) is 0 Å². The van der Waals surface area contributed by atoms with Crippen LogP contribution in [0.5, 0.6) is 0 Å². The Morgan fingerprint density at radius 3 is 1.25 bits per heavy atom. The first kappa shape index (κ1) is 13.6. The summed E-state index contributed by atoms with van der Waals surface area (Å²) in [5, 5.41) is 0. The largest absolute Gasteiger partial charge is 0.393 e. The van der Waals surface area contributed by atoms with Gasteiger partial charge in [-0.05, 0) is 61.2 Å². The van der Waals surface area contributed by atoms with Gasteiger partial charge in [-0.2, -0.15) is 0 Å². The second-order valence-corrected chi connectivity index (χ2v) is 8.70. The lowest BCUT2D eigenvalue weighted by molar-refractivity contribution is -0.156. The predicted molar refractivity (Wildman–Crippen MR) is 75.6 cm³/mol. The summed E-state index contributed by atoms with van der Waals surface area (Å²) in [6, 6.07) is 0. The van der Waals surface area contributed by atoms with Crippen LogP contribution in [0.15, 0.2) is 0 Å². The van der Waals surface area contributed by atoms with Crippen molar-refractivity contribution in [2.45, 2.75) is 25.7 Å². The van der Waals surface area contributed by atoms with Crippen LogP contribution in [0.3, 0.4) is 0 Å². The summed E-state index contributed by atoms with van der Waals surface area (Å²) in [6.45, 7) is 0. The Morgan fingerprint density at radius 2 is 0.833 bits per heavy atom. The molecule has 4 aliphatic carbocycles. The van der Waals surface area contributed by atoms with E-state index in [4.69, 9.17) is 9.47 Å². The van der Waals surface area contributed by atoms with Crippen molar-refractivity contribution in [1.29, 1.82) is 0 Å². The molecule has 6 fully saturated rings. The van der Waals surface area contributed by atoms with Crippen molar-refractivity contribution in [2.24, 2.45) is 59.2 Å². The molecule has 2 saturated heterocycles. The van der Waals surface area contributed by atoms with E-state index < -0.39 is 0 Å². The van der Waals surface area contributed by atoms with Crippen LogP contribution in [-0.2, 0) is 28.7 Å². The Labute approximate surface area is 138 Å². The minimum atomic E-state index is -0.335. The number of carbonyl (C=O) groups is 4. The zero-order valence-electron chi connectivity index (χ0n) is 13.1. The second kappa shape index (κ2) is 4.09. The van der Waals surface area contributed by atoms with Crippen molar-refractivity contribution in [3.8, 4) is 0 Å². The van der Waals surface area contributed by atoms with Gasteiger partial charge in [-0.15, -0.1) is 0 Å². The van der Waals surface area contributed by atoms with Crippen LogP contribution < -0.4 is 0 Å². The summed E-state index contributed by atoms with van der Waals surface area (Å²) in [6.07, 6.45) is 3.79. The Bertz CT molecular complexity index is 652. The standard InChI is InChI=1S/C18H18O6/c19-15-11-5-1-7(9(3-5)13(11)17(21)23-15)8-2-6-4-10(8)14-12(6)16(20)24-18(14)22/h5-14H,1-4H2. The van der Waals surface area contributed by atoms with Gasteiger partial charge in [-0.3, -0.25) is 19.2 Å². The minimum absolute atomic E-state index is 0.217. The Kier molecular flexibility index (Phi) is 2.31. The first-order chi connectivity index (χ1) is 11.5. The molecule has 2 aliphatic heterocycles. The molecule has 0 aromatic heterocycles. The third-order valence-corrected chi connectivity index (χ3v) is 8.15. The van der Waals surface area contributed by atoms with E-state index in [1.165, 1.54) is 0 Å². The summed E-state index contributed by atoms with van der Waals surface area (Å²) in [5.41, 5.74) is 0. The maximum Gasteiger partial charge on any atom is 0.317 e. The van der Waals surface area contributed by atoms with Gasteiger partial charge in [0.05, 0.1) is 23.7 Å². The number of rotatable bonds is 1. The average Bonchev–Trinajstić information content (AvgIpc) is 3.31. The molecule has 0 N–H and O–H groups in total. The molecule has 0 aromatic carbocycles. The normalized spacial score (nSPS) is 56.7. The molecule has 0 amide bonds. The number of hydrogen-bond acceptors (Lipinski definition) is 6. The lowest BCUT2D eigenvalue weighted by Crippen LogP contribution is -2.39. The number of carbonyl (C=O) groups excluding carboxylic acids is 4. The van der Waals surface area contributed by atoms with Crippen LogP contribution >= 0.6 is 0 Å². The van der Waals surface area contributed by atoms with Crippen LogP contribution in [0.25, 0.3) is 0 Å². The quantitative estimate of drug-likeness (QED) is 0.525. The fourth-order valence-corrected chi connectivity index (χ4v) is 7.60. The highest BCUT2D eigenvalue weighted by atomic mass is 16.6. The molecular weight excluding hydrogens is 312 g/mol. The monoisotopic (exact) mass is 330 g/mol. The molecule has 4 bridgehead atoms. The van der Waals surface area contributed by atoms with E-state index in [-0.39, 0.29) is 71.2 Å². The van der Waals surface area contributed by atoms with Gasteiger partial charge in [0, 0.05) is 0 Å². The highest BCUT2D eigenvalue weighted by molar-refractivity contribution is 5.98.